The standard InChI is InChI=1S/C14H14ClN3O/c15-13-10-17-18(11-13)8-9-19-14-5-3-12(4-6-14)2-1-7-16/h3-6,10-11H,7-9,16H2. The van der Waals surface area contributed by atoms with Gasteiger partial charge in [0.2, 0.25) is 0 Å². The molecule has 2 rings (SSSR count). The molecule has 5 heteroatoms. The SMILES string of the molecule is NCC#Cc1ccc(OCCn2cc(Cl)cn2)cc1. The average molecular weight is 276 g/mol. The summed E-state index contributed by atoms with van der Waals surface area (Å²) in [5.41, 5.74) is 6.24. The van der Waals surface area contributed by atoms with Crippen molar-refractivity contribution in [3.8, 4) is 17.6 Å². The van der Waals surface area contributed by atoms with Crippen LogP contribution in [0.25, 0.3) is 0 Å². The van der Waals surface area contributed by atoms with Gasteiger partial charge in [-0.1, -0.05) is 23.4 Å². The highest BCUT2D eigenvalue weighted by Crippen LogP contribution is 2.11. The Hall–Kier alpha value is -1.96. The van der Waals surface area contributed by atoms with E-state index in [4.69, 9.17) is 22.1 Å². The van der Waals surface area contributed by atoms with Gasteiger partial charge in [0.1, 0.15) is 12.4 Å². The van der Waals surface area contributed by atoms with Gasteiger partial charge in [0.05, 0.1) is 24.3 Å². The molecule has 0 saturated carbocycles. The minimum absolute atomic E-state index is 0.366. The molecule has 1 aromatic carbocycles. The summed E-state index contributed by atoms with van der Waals surface area (Å²) in [6.07, 6.45) is 3.36. The molecule has 0 fully saturated rings. The van der Waals surface area contributed by atoms with Gasteiger partial charge >= 0.3 is 0 Å². The Bertz CT molecular complexity index is 581. The predicted molar refractivity (Wildman–Crippen MR) is 75.1 cm³/mol. The number of hydrogen-bond donors (Lipinski definition) is 1. The van der Waals surface area contributed by atoms with Crippen molar-refractivity contribution in [3.63, 3.8) is 0 Å². The lowest BCUT2D eigenvalue weighted by Crippen LogP contribution is -2.08. The van der Waals surface area contributed by atoms with E-state index in [1.165, 1.54) is 0 Å². The molecule has 0 aliphatic heterocycles. The molecule has 0 amide bonds. The number of aromatic nitrogens is 2. The zero-order chi connectivity index (χ0) is 13.5. The minimum atomic E-state index is 0.366. The third kappa shape index (κ3) is 4.32. The second-order valence-corrected chi connectivity index (χ2v) is 4.24. The number of rotatable bonds is 4. The van der Waals surface area contributed by atoms with Crippen LogP contribution in [0.2, 0.25) is 5.02 Å². The summed E-state index contributed by atoms with van der Waals surface area (Å²) in [6, 6.07) is 7.58. The summed E-state index contributed by atoms with van der Waals surface area (Å²) in [5.74, 6) is 6.56. The van der Waals surface area contributed by atoms with Crippen molar-refractivity contribution in [3.05, 3.63) is 47.2 Å². The highest BCUT2D eigenvalue weighted by Gasteiger charge is 1.97. The topological polar surface area (TPSA) is 53.1 Å². The molecule has 0 unspecified atom stereocenters. The summed E-state index contributed by atoms with van der Waals surface area (Å²) in [4.78, 5) is 0. The second kappa shape index (κ2) is 6.83. The molecule has 2 N–H and O–H groups in total. The Morgan fingerprint density at radius 2 is 2.11 bits per heavy atom. The van der Waals surface area contributed by atoms with Crippen LogP contribution in [0.15, 0.2) is 36.7 Å². The van der Waals surface area contributed by atoms with E-state index in [0.29, 0.717) is 24.7 Å². The first kappa shape index (κ1) is 13.5. The highest BCUT2D eigenvalue weighted by atomic mass is 35.5. The van der Waals surface area contributed by atoms with E-state index in [1.54, 1.807) is 17.1 Å². The number of nitrogens with two attached hydrogens (primary N) is 1. The van der Waals surface area contributed by atoms with Crippen LogP contribution in [0.3, 0.4) is 0 Å². The van der Waals surface area contributed by atoms with E-state index in [9.17, 15) is 0 Å². The lowest BCUT2D eigenvalue weighted by atomic mass is 10.2. The molecule has 19 heavy (non-hydrogen) atoms. The van der Waals surface area contributed by atoms with Gasteiger partial charge in [0.25, 0.3) is 0 Å². The first-order valence-electron chi connectivity index (χ1n) is 5.87. The van der Waals surface area contributed by atoms with Crippen LogP contribution in [0.4, 0.5) is 0 Å². The van der Waals surface area contributed by atoms with Crippen LogP contribution in [0.1, 0.15) is 5.56 Å². The smallest absolute Gasteiger partial charge is 0.119 e. The third-order valence-electron chi connectivity index (χ3n) is 2.38. The predicted octanol–water partition coefficient (Wildman–Crippen LogP) is 1.93. The summed E-state index contributed by atoms with van der Waals surface area (Å²) < 4.78 is 7.34. The fraction of sp³-hybridized carbons (Fsp3) is 0.214. The maximum atomic E-state index is 5.77. The molecule has 0 aliphatic rings. The number of ether oxygens (including phenoxy) is 1. The molecule has 0 bridgehead atoms. The Balaban J connectivity index is 1.83. The molecule has 0 aliphatic carbocycles. The van der Waals surface area contributed by atoms with Crippen molar-refractivity contribution in [1.29, 1.82) is 0 Å². The van der Waals surface area contributed by atoms with Crippen LogP contribution in [0, 0.1) is 11.8 Å². The van der Waals surface area contributed by atoms with Crippen LogP contribution in [-0.2, 0) is 6.54 Å². The van der Waals surface area contributed by atoms with E-state index >= 15 is 0 Å². The Kier molecular flexibility index (Phi) is 4.85. The van der Waals surface area contributed by atoms with Crippen LogP contribution in [0.5, 0.6) is 5.75 Å². The van der Waals surface area contributed by atoms with Gasteiger partial charge in [-0.3, -0.25) is 4.68 Å². The molecule has 0 saturated heterocycles. The van der Waals surface area contributed by atoms with Crippen LogP contribution >= 0.6 is 11.6 Å². The van der Waals surface area contributed by atoms with Crippen molar-refractivity contribution in [2.45, 2.75) is 6.54 Å². The lowest BCUT2D eigenvalue weighted by Gasteiger charge is -2.06. The van der Waals surface area contributed by atoms with Gasteiger partial charge in [0, 0.05) is 11.8 Å². The Labute approximate surface area is 117 Å². The zero-order valence-electron chi connectivity index (χ0n) is 10.3. The van der Waals surface area contributed by atoms with Crippen molar-refractivity contribution < 1.29 is 4.74 Å². The summed E-state index contributed by atoms with van der Waals surface area (Å²) >= 11 is 5.77. The minimum Gasteiger partial charge on any atom is -0.492 e. The van der Waals surface area contributed by atoms with E-state index in [1.807, 2.05) is 24.3 Å². The molecular formula is C14H14ClN3O. The fourth-order valence-corrected chi connectivity index (χ4v) is 1.66. The van der Waals surface area contributed by atoms with E-state index < -0.39 is 0 Å². The normalized spacial score (nSPS) is 9.79. The van der Waals surface area contributed by atoms with Gasteiger partial charge in [-0.05, 0) is 24.3 Å². The first-order valence-corrected chi connectivity index (χ1v) is 6.25. The van der Waals surface area contributed by atoms with Gasteiger partial charge in [-0.15, -0.1) is 0 Å². The average Bonchev–Trinajstić information content (AvgIpc) is 2.84. The fourth-order valence-electron chi connectivity index (χ4n) is 1.51. The molecule has 1 aromatic heterocycles. The number of benzene rings is 1. The van der Waals surface area contributed by atoms with Gasteiger partial charge < -0.3 is 10.5 Å². The quantitative estimate of drug-likeness (QED) is 0.868. The molecule has 98 valence electrons. The van der Waals surface area contributed by atoms with Gasteiger partial charge in [0.15, 0.2) is 0 Å². The zero-order valence-corrected chi connectivity index (χ0v) is 11.1. The van der Waals surface area contributed by atoms with Crippen molar-refractivity contribution in [1.82, 2.24) is 9.78 Å². The molecular weight excluding hydrogens is 262 g/mol. The number of nitrogens with zero attached hydrogens (tertiary/aromatic N) is 2. The van der Waals surface area contributed by atoms with Crippen LogP contribution < -0.4 is 10.5 Å². The monoisotopic (exact) mass is 275 g/mol. The van der Waals surface area contributed by atoms with E-state index in [2.05, 4.69) is 16.9 Å². The molecule has 0 spiro atoms. The maximum Gasteiger partial charge on any atom is 0.119 e. The second-order valence-electron chi connectivity index (χ2n) is 3.80. The number of halogens is 1. The van der Waals surface area contributed by atoms with Crippen molar-refractivity contribution in [2.75, 3.05) is 13.2 Å². The van der Waals surface area contributed by atoms with E-state index in [-0.39, 0.29) is 0 Å². The summed E-state index contributed by atoms with van der Waals surface area (Å²) in [7, 11) is 0. The molecule has 0 atom stereocenters. The Morgan fingerprint density at radius 3 is 2.74 bits per heavy atom. The largest absolute Gasteiger partial charge is 0.492 e. The van der Waals surface area contributed by atoms with Crippen molar-refractivity contribution >= 4 is 11.6 Å². The highest BCUT2D eigenvalue weighted by molar-refractivity contribution is 6.30. The van der Waals surface area contributed by atoms with Crippen molar-refractivity contribution in [2.24, 2.45) is 5.73 Å². The number of hydrogen-bond acceptors (Lipinski definition) is 3. The molecule has 2 aromatic rings. The summed E-state index contributed by atoms with van der Waals surface area (Å²) in [5, 5.41) is 4.70. The maximum absolute atomic E-state index is 5.77. The summed E-state index contributed by atoms with van der Waals surface area (Å²) in [6.45, 7) is 1.55. The molecule has 4 nitrogen and oxygen atoms in total. The Morgan fingerprint density at radius 1 is 1.32 bits per heavy atom. The lowest BCUT2D eigenvalue weighted by molar-refractivity contribution is 0.291. The first-order chi connectivity index (χ1) is 9.28. The van der Waals surface area contributed by atoms with Crippen LogP contribution in [-0.4, -0.2) is 22.9 Å². The van der Waals surface area contributed by atoms with E-state index in [0.717, 1.165) is 11.3 Å². The third-order valence-corrected chi connectivity index (χ3v) is 2.58. The molecule has 1 heterocycles. The van der Waals surface area contributed by atoms with Gasteiger partial charge in [-0.2, -0.15) is 5.10 Å². The molecule has 0 radical (unpaired) electrons. The van der Waals surface area contributed by atoms with Gasteiger partial charge in [-0.25, -0.2) is 0 Å².